The zero-order valence-electron chi connectivity index (χ0n) is 20.2. The number of hydrogen-bond donors (Lipinski definition) is 2. The molecule has 2 aromatic rings. The van der Waals surface area contributed by atoms with Gasteiger partial charge < -0.3 is 34.2 Å². The minimum atomic E-state index is -0.899. The van der Waals surface area contributed by atoms with Gasteiger partial charge in [0, 0.05) is 5.57 Å². The first-order valence-corrected chi connectivity index (χ1v) is 11.8. The minimum absolute atomic E-state index is 0.0794. The Morgan fingerprint density at radius 3 is 2.61 bits per heavy atom. The van der Waals surface area contributed by atoms with E-state index in [0.717, 1.165) is 13.1 Å². The molecule has 2 aromatic carbocycles. The molecule has 2 aliphatic rings. The van der Waals surface area contributed by atoms with Gasteiger partial charge in [-0.2, -0.15) is 0 Å². The summed E-state index contributed by atoms with van der Waals surface area (Å²) in [6.45, 7) is 7.74. The highest BCUT2D eigenvalue weighted by Crippen LogP contribution is 2.41. The number of ketones is 1. The van der Waals surface area contributed by atoms with Gasteiger partial charge in [0.25, 0.3) is 5.91 Å². The third kappa shape index (κ3) is 5.22. The summed E-state index contributed by atoms with van der Waals surface area (Å²) < 4.78 is 16.1. The first-order valence-electron chi connectivity index (χ1n) is 11.8. The lowest BCUT2D eigenvalue weighted by Gasteiger charge is -2.30. The van der Waals surface area contributed by atoms with Crippen LogP contribution in [0.2, 0.25) is 0 Å². The van der Waals surface area contributed by atoms with Crippen LogP contribution in [-0.4, -0.2) is 74.8 Å². The molecule has 1 unspecified atom stereocenters. The van der Waals surface area contributed by atoms with Crippen molar-refractivity contribution in [3.05, 3.63) is 71.8 Å². The fraction of sp³-hybridized carbons (Fsp3) is 0.333. The van der Waals surface area contributed by atoms with Gasteiger partial charge in [0.15, 0.2) is 11.5 Å². The molecule has 9 heteroatoms. The summed E-state index contributed by atoms with van der Waals surface area (Å²) in [6, 6.07) is 10.1. The van der Waals surface area contributed by atoms with E-state index in [-0.39, 0.29) is 22.6 Å². The molecule has 2 heterocycles. The van der Waals surface area contributed by atoms with E-state index < -0.39 is 23.5 Å². The summed E-state index contributed by atoms with van der Waals surface area (Å²) in [4.78, 5) is 29.1. The van der Waals surface area contributed by atoms with Gasteiger partial charge in [-0.15, -0.1) is 0 Å². The van der Waals surface area contributed by atoms with E-state index in [1.54, 1.807) is 42.5 Å². The van der Waals surface area contributed by atoms with Gasteiger partial charge in [-0.1, -0.05) is 36.6 Å². The zero-order valence-corrected chi connectivity index (χ0v) is 20.2. The van der Waals surface area contributed by atoms with Crippen LogP contribution in [0.15, 0.2) is 60.7 Å². The molecule has 36 heavy (non-hydrogen) atoms. The number of benzene rings is 2. The number of aromatic hydroxyl groups is 1. The Labute approximate surface area is 209 Å². The number of nitrogens with zero attached hydrogens (tertiary/aromatic N) is 1. The third-order valence-corrected chi connectivity index (χ3v) is 6.44. The molecule has 1 amide bonds. The number of carbonyl (C=O) groups is 2. The summed E-state index contributed by atoms with van der Waals surface area (Å²) in [7, 11) is 1.41. The summed E-state index contributed by atoms with van der Waals surface area (Å²) >= 11 is 0. The number of Topliss-reactive ketones (excluding diaryl/α,β-unsaturated/α-hetero) is 1. The third-order valence-electron chi connectivity index (χ3n) is 6.44. The number of nitrogens with one attached hydrogen (secondary N) is 1. The Bertz CT molecular complexity index is 1150. The number of rotatable bonds is 9. The maximum absolute atomic E-state index is 13.6. The number of hydrogen-bond acceptors (Lipinski definition) is 7. The van der Waals surface area contributed by atoms with Gasteiger partial charge in [0.05, 0.1) is 39.5 Å². The van der Waals surface area contributed by atoms with E-state index in [0.29, 0.717) is 44.2 Å². The van der Waals surface area contributed by atoms with Crippen molar-refractivity contribution in [2.24, 2.45) is 0 Å². The Balaban J connectivity index is 1.73. The zero-order chi connectivity index (χ0) is 25.7. The largest absolute Gasteiger partial charge is 0.872 e. The van der Waals surface area contributed by atoms with Gasteiger partial charge in [0.1, 0.15) is 25.4 Å². The van der Waals surface area contributed by atoms with E-state index in [4.69, 9.17) is 14.2 Å². The van der Waals surface area contributed by atoms with E-state index in [2.05, 4.69) is 6.58 Å². The van der Waals surface area contributed by atoms with Crippen molar-refractivity contribution in [2.75, 3.05) is 53.1 Å². The van der Waals surface area contributed by atoms with Crippen LogP contribution in [0.25, 0.3) is 5.76 Å². The van der Waals surface area contributed by atoms with Crippen molar-refractivity contribution in [3.8, 4) is 17.2 Å². The molecule has 1 atom stereocenters. The minimum Gasteiger partial charge on any atom is -0.872 e. The second-order valence-corrected chi connectivity index (χ2v) is 8.64. The summed E-state index contributed by atoms with van der Waals surface area (Å²) in [5, 5.41) is 23.7. The average molecular weight is 495 g/mol. The number of methoxy groups -OCH3 is 1. The second-order valence-electron chi connectivity index (χ2n) is 8.64. The molecule has 0 bridgehead atoms. The second kappa shape index (κ2) is 11.3. The molecular formula is C27H30N2O7. The Morgan fingerprint density at radius 1 is 1.22 bits per heavy atom. The van der Waals surface area contributed by atoms with Crippen LogP contribution in [0, 0.1) is 0 Å². The number of morpholine rings is 1. The number of carbonyl (C=O) groups excluding carboxylic acids is 2. The molecule has 2 aliphatic heterocycles. The molecular weight excluding hydrogens is 464 g/mol. The molecule has 4 rings (SSSR count). The molecule has 0 saturated carbocycles. The van der Waals surface area contributed by atoms with E-state index in [9.17, 15) is 19.8 Å². The lowest BCUT2D eigenvalue weighted by atomic mass is 9.95. The van der Waals surface area contributed by atoms with Crippen molar-refractivity contribution in [1.82, 2.24) is 4.90 Å². The normalized spacial score (nSPS) is 19.9. The fourth-order valence-corrected chi connectivity index (χ4v) is 4.51. The van der Waals surface area contributed by atoms with Crippen molar-refractivity contribution in [1.29, 1.82) is 0 Å². The van der Waals surface area contributed by atoms with E-state index in [1.807, 2.05) is 0 Å². The van der Waals surface area contributed by atoms with Crippen LogP contribution in [-0.2, 0) is 14.3 Å². The summed E-state index contributed by atoms with van der Waals surface area (Å²) in [5.41, 5.74) is 0.660. The summed E-state index contributed by atoms with van der Waals surface area (Å²) in [5.74, 6) is -1.39. The molecule has 2 fully saturated rings. The van der Waals surface area contributed by atoms with Gasteiger partial charge in [-0.25, -0.2) is 0 Å². The SMILES string of the molecule is C=CCOc1ccc(C([O-])=C2C(=O)C(=O)N(CC[NH+]3CCOCC3)C2c2ccc(O)c(OC)c2)cc1. The Hall–Kier alpha value is -3.82. The van der Waals surface area contributed by atoms with Crippen LogP contribution in [0.1, 0.15) is 17.2 Å². The van der Waals surface area contributed by atoms with E-state index >= 15 is 0 Å². The maximum Gasteiger partial charge on any atom is 0.295 e. The number of likely N-dealkylation sites (tertiary alicyclic amines) is 1. The standard InChI is InChI=1S/C27H30N2O7/c1-3-14-36-20-7-4-18(5-8-20)25(31)23-24(19-6-9-21(30)22(17-19)34-2)29(27(33)26(23)32)11-10-28-12-15-35-16-13-28/h3-9,17,24,30-31H,1,10-16H2,2H3. The van der Waals surface area contributed by atoms with Crippen LogP contribution >= 0.6 is 0 Å². The number of ether oxygens (including phenoxy) is 3. The van der Waals surface area contributed by atoms with E-state index in [1.165, 1.54) is 23.0 Å². The molecule has 190 valence electrons. The average Bonchev–Trinajstić information content (AvgIpc) is 3.16. The first kappa shape index (κ1) is 25.3. The van der Waals surface area contributed by atoms with Crippen molar-refractivity contribution in [2.45, 2.75) is 6.04 Å². The predicted molar refractivity (Wildman–Crippen MR) is 130 cm³/mol. The highest BCUT2D eigenvalue weighted by Gasteiger charge is 2.44. The molecule has 0 radical (unpaired) electrons. The Morgan fingerprint density at radius 2 is 1.94 bits per heavy atom. The summed E-state index contributed by atoms with van der Waals surface area (Å²) in [6.07, 6.45) is 1.61. The maximum atomic E-state index is 13.6. The topological polar surface area (TPSA) is 113 Å². The van der Waals surface area contributed by atoms with Crippen LogP contribution in [0.5, 0.6) is 17.2 Å². The number of quaternary nitrogens is 1. The van der Waals surface area contributed by atoms with Gasteiger partial charge in [-0.3, -0.25) is 9.59 Å². The van der Waals surface area contributed by atoms with Crippen molar-refractivity contribution in [3.63, 3.8) is 0 Å². The van der Waals surface area contributed by atoms with Gasteiger partial charge in [0.2, 0.25) is 5.78 Å². The van der Waals surface area contributed by atoms with Crippen LogP contribution < -0.4 is 19.5 Å². The molecule has 2 N–H and O–H groups in total. The predicted octanol–water partition coefficient (Wildman–Crippen LogP) is 0.105. The molecule has 9 nitrogen and oxygen atoms in total. The monoisotopic (exact) mass is 494 g/mol. The van der Waals surface area contributed by atoms with Crippen LogP contribution in [0.4, 0.5) is 0 Å². The Kier molecular flexibility index (Phi) is 7.92. The number of phenolic OH excluding ortho intramolecular Hbond substituents is 1. The first-order chi connectivity index (χ1) is 17.4. The highest BCUT2D eigenvalue weighted by atomic mass is 16.5. The number of phenols is 1. The molecule has 0 spiro atoms. The molecule has 0 aliphatic carbocycles. The number of amides is 1. The van der Waals surface area contributed by atoms with Crippen molar-refractivity contribution < 1.29 is 38.9 Å². The smallest absolute Gasteiger partial charge is 0.295 e. The fourth-order valence-electron chi connectivity index (χ4n) is 4.51. The van der Waals surface area contributed by atoms with Gasteiger partial charge >= 0.3 is 0 Å². The van der Waals surface area contributed by atoms with Crippen LogP contribution in [0.3, 0.4) is 0 Å². The quantitative estimate of drug-likeness (QED) is 0.220. The molecule has 2 saturated heterocycles. The highest BCUT2D eigenvalue weighted by molar-refractivity contribution is 6.46. The van der Waals surface area contributed by atoms with Gasteiger partial charge in [-0.05, 0) is 35.4 Å². The van der Waals surface area contributed by atoms with Crippen molar-refractivity contribution >= 4 is 17.4 Å². The lowest BCUT2D eigenvalue weighted by Crippen LogP contribution is -3.14. The lowest BCUT2D eigenvalue weighted by molar-refractivity contribution is -0.907. The molecule has 0 aromatic heterocycles.